The van der Waals surface area contributed by atoms with E-state index in [1.165, 1.54) is 0 Å². The molecule has 0 saturated carbocycles. The summed E-state index contributed by atoms with van der Waals surface area (Å²) >= 11 is 0. The molecule has 1 saturated heterocycles. The Morgan fingerprint density at radius 2 is 2.00 bits per heavy atom. The second kappa shape index (κ2) is 8.10. The third-order valence-corrected chi connectivity index (χ3v) is 3.96. The molecule has 0 spiro atoms. The Morgan fingerprint density at radius 1 is 1.33 bits per heavy atom. The van der Waals surface area contributed by atoms with E-state index in [1.807, 2.05) is 7.05 Å². The van der Waals surface area contributed by atoms with Crippen molar-refractivity contribution in [3.8, 4) is 0 Å². The molecule has 4 heteroatoms. The lowest BCUT2D eigenvalue weighted by molar-refractivity contribution is -0.0126. The predicted molar refractivity (Wildman–Crippen MR) is 75.0 cm³/mol. The molecule has 0 atom stereocenters. The summed E-state index contributed by atoms with van der Waals surface area (Å²) in [6.45, 7) is 10.4. The fourth-order valence-electron chi connectivity index (χ4n) is 2.73. The van der Waals surface area contributed by atoms with Crippen LogP contribution in [0.2, 0.25) is 0 Å². The molecule has 1 aliphatic heterocycles. The first-order valence-corrected chi connectivity index (χ1v) is 7.09. The van der Waals surface area contributed by atoms with Gasteiger partial charge in [0.15, 0.2) is 0 Å². The quantitative estimate of drug-likeness (QED) is 0.713. The summed E-state index contributed by atoms with van der Waals surface area (Å²) in [5.41, 5.74) is 0.366. The molecular weight excluding hydrogens is 228 g/mol. The predicted octanol–water partition coefficient (Wildman–Crippen LogP) is 1.36. The fraction of sp³-hybridized carbons (Fsp3) is 1.00. The summed E-state index contributed by atoms with van der Waals surface area (Å²) < 4.78 is 10.7. The van der Waals surface area contributed by atoms with E-state index in [-0.39, 0.29) is 0 Å². The maximum absolute atomic E-state index is 5.52. The molecule has 0 aromatic rings. The van der Waals surface area contributed by atoms with E-state index in [0.29, 0.717) is 11.5 Å². The molecule has 0 aromatic carbocycles. The number of ether oxygens (including phenoxy) is 2. The van der Waals surface area contributed by atoms with Crippen molar-refractivity contribution in [3.05, 3.63) is 0 Å². The normalized spacial score (nSPS) is 19.7. The SMILES string of the molecule is CNCC1(CN(CCOC)C(C)C)CCOCC1. The van der Waals surface area contributed by atoms with Gasteiger partial charge in [-0.1, -0.05) is 0 Å². The van der Waals surface area contributed by atoms with Crippen molar-refractivity contribution < 1.29 is 9.47 Å². The molecule has 0 unspecified atom stereocenters. The lowest BCUT2D eigenvalue weighted by atomic mass is 9.79. The van der Waals surface area contributed by atoms with Gasteiger partial charge < -0.3 is 14.8 Å². The Labute approximate surface area is 112 Å². The van der Waals surface area contributed by atoms with Crippen molar-refractivity contribution >= 4 is 0 Å². The van der Waals surface area contributed by atoms with Gasteiger partial charge in [0.05, 0.1) is 6.61 Å². The Morgan fingerprint density at radius 3 is 2.50 bits per heavy atom. The highest BCUT2D eigenvalue weighted by molar-refractivity contribution is 4.87. The van der Waals surface area contributed by atoms with Gasteiger partial charge in [-0.3, -0.25) is 4.90 Å². The van der Waals surface area contributed by atoms with E-state index in [9.17, 15) is 0 Å². The number of methoxy groups -OCH3 is 1. The van der Waals surface area contributed by atoms with Crippen LogP contribution in [0.25, 0.3) is 0 Å². The molecule has 0 bridgehead atoms. The van der Waals surface area contributed by atoms with Gasteiger partial charge in [-0.25, -0.2) is 0 Å². The average molecular weight is 258 g/mol. The van der Waals surface area contributed by atoms with Crippen LogP contribution in [0.3, 0.4) is 0 Å². The Bertz CT molecular complexity index is 210. The van der Waals surface area contributed by atoms with Gasteiger partial charge in [0.2, 0.25) is 0 Å². The van der Waals surface area contributed by atoms with Crippen molar-refractivity contribution in [3.63, 3.8) is 0 Å². The van der Waals surface area contributed by atoms with Gasteiger partial charge in [-0.05, 0) is 39.2 Å². The molecule has 0 aromatic heterocycles. The highest BCUT2D eigenvalue weighted by Gasteiger charge is 2.34. The van der Waals surface area contributed by atoms with E-state index < -0.39 is 0 Å². The van der Waals surface area contributed by atoms with Crippen LogP contribution in [0.15, 0.2) is 0 Å². The lowest BCUT2D eigenvalue weighted by Crippen LogP contribution is -2.49. The zero-order chi connectivity index (χ0) is 13.4. The molecule has 1 N–H and O–H groups in total. The van der Waals surface area contributed by atoms with Gasteiger partial charge in [0, 0.05) is 46.0 Å². The summed E-state index contributed by atoms with van der Waals surface area (Å²) in [6.07, 6.45) is 2.31. The molecule has 0 amide bonds. The number of rotatable bonds is 8. The lowest BCUT2D eigenvalue weighted by Gasteiger charge is -2.42. The standard InChI is InChI=1S/C14H30N2O2/c1-13(2)16(7-10-17-4)12-14(11-15-3)5-8-18-9-6-14/h13,15H,5-12H2,1-4H3. The zero-order valence-corrected chi connectivity index (χ0v) is 12.5. The van der Waals surface area contributed by atoms with Gasteiger partial charge in [0.25, 0.3) is 0 Å². The van der Waals surface area contributed by atoms with Gasteiger partial charge in [-0.15, -0.1) is 0 Å². The third-order valence-electron chi connectivity index (χ3n) is 3.96. The van der Waals surface area contributed by atoms with Crippen molar-refractivity contribution in [2.75, 3.05) is 53.6 Å². The van der Waals surface area contributed by atoms with Crippen molar-refractivity contribution in [1.82, 2.24) is 10.2 Å². The smallest absolute Gasteiger partial charge is 0.0589 e. The first-order valence-electron chi connectivity index (χ1n) is 7.09. The summed E-state index contributed by atoms with van der Waals surface area (Å²) in [5, 5.41) is 3.37. The summed E-state index contributed by atoms with van der Waals surface area (Å²) in [5.74, 6) is 0. The summed E-state index contributed by atoms with van der Waals surface area (Å²) in [7, 11) is 3.82. The summed E-state index contributed by atoms with van der Waals surface area (Å²) in [4.78, 5) is 2.53. The zero-order valence-electron chi connectivity index (χ0n) is 12.5. The molecule has 18 heavy (non-hydrogen) atoms. The molecule has 1 rings (SSSR count). The first kappa shape index (κ1) is 15.9. The molecule has 108 valence electrons. The maximum atomic E-state index is 5.52. The van der Waals surface area contributed by atoms with Crippen LogP contribution in [0.4, 0.5) is 0 Å². The van der Waals surface area contributed by atoms with Crippen molar-refractivity contribution in [2.24, 2.45) is 5.41 Å². The van der Waals surface area contributed by atoms with Gasteiger partial charge in [-0.2, -0.15) is 0 Å². The minimum Gasteiger partial charge on any atom is -0.383 e. The van der Waals surface area contributed by atoms with Crippen LogP contribution in [-0.2, 0) is 9.47 Å². The number of hydrogen-bond donors (Lipinski definition) is 1. The summed E-state index contributed by atoms with van der Waals surface area (Å²) in [6, 6.07) is 0.566. The van der Waals surface area contributed by atoms with Crippen LogP contribution < -0.4 is 5.32 Å². The minimum absolute atomic E-state index is 0.366. The van der Waals surface area contributed by atoms with Crippen LogP contribution in [0.5, 0.6) is 0 Å². The third kappa shape index (κ3) is 4.84. The molecule has 0 radical (unpaired) electrons. The van der Waals surface area contributed by atoms with Crippen LogP contribution in [0.1, 0.15) is 26.7 Å². The van der Waals surface area contributed by atoms with E-state index >= 15 is 0 Å². The van der Waals surface area contributed by atoms with E-state index in [2.05, 4.69) is 24.1 Å². The number of nitrogens with zero attached hydrogens (tertiary/aromatic N) is 1. The maximum Gasteiger partial charge on any atom is 0.0589 e. The Kier molecular flexibility index (Phi) is 7.15. The van der Waals surface area contributed by atoms with Gasteiger partial charge in [0.1, 0.15) is 0 Å². The Hall–Kier alpha value is -0.160. The highest BCUT2D eigenvalue weighted by Crippen LogP contribution is 2.31. The van der Waals surface area contributed by atoms with Crippen molar-refractivity contribution in [2.45, 2.75) is 32.7 Å². The second-order valence-corrected chi connectivity index (χ2v) is 5.70. The monoisotopic (exact) mass is 258 g/mol. The van der Waals surface area contributed by atoms with Crippen LogP contribution in [0, 0.1) is 5.41 Å². The van der Waals surface area contributed by atoms with E-state index in [0.717, 1.165) is 52.3 Å². The average Bonchev–Trinajstić information content (AvgIpc) is 2.35. The fourth-order valence-corrected chi connectivity index (χ4v) is 2.73. The first-order chi connectivity index (χ1) is 8.63. The van der Waals surface area contributed by atoms with Crippen LogP contribution in [-0.4, -0.2) is 64.6 Å². The van der Waals surface area contributed by atoms with E-state index in [4.69, 9.17) is 9.47 Å². The topological polar surface area (TPSA) is 33.7 Å². The van der Waals surface area contributed by atoms with E-state index in [1.54, 1.807) is 7.11 Å². The van der Waals surface area contributed by atoms with Gasteiger partial charge >= 0.3 is 0 Å². The largest absolute Gasteiger partial charge is 0.383 e. The number of hydrogen-bond acceptors (Lipinski definition) is 4. The second-order valence-electron chi connectivity index (χ2n) is 5.70. The molecular formula is C14H30N2O2. The molecule has 1 fully saturated rings. The Balaban J connectivity index is 2.60. The minimum atomic E-state index is 0.366. The molecule has 4 nitrogen and oxygen atoms in total. The van der Waals surface area contributed by atoms with Crippen LogP contribution >= 0.6 is 0 Å². The highest BCUT2D eigenvalue weighted by atomic mass is 16.5. The van der Waals surface area contributed by atoms with Crippen molar-refractivity contribution in [1.29, 1.82) is 0 Å². The molecule has 1 heterocycles. The molecule has 0 aliphatic carbocycles. The number of nitrogens with one attached hydrogen (secondary N) is 1. The molecule has 1 aliphatic rings.